The number of hydrogen-bond acceptors (Lipinski definition) is 2. The smallest absolute Gasteiger partial charge is 0.404 e. The summed E-state index contributed by atoms with van der Waals surface area (Å²) in [6.45, 7) is 13.9. The van der Waals surface area contributed by atoms with E-state index in [4.69, 9.17) is 10.5 Å². The summed E-state index contributed by atoms with van der Waals surface area (Å²) in [7, 11) is 0. The Hall–Kier alpha value is -1.51. The first kappa shape index (κ1) is 17.5. The molecule has 21 heavy (non-hydrogen) atoms. The minimum absolute atomic E-state index is 0.113. The molecular formula is C18H29NO2. The number of carbonyl (C=O) groups is 1. The van der Waals surface area contributed by atoms with Crippen LogP contribution in [0.1, 0.15) is 64.7 Å². The molecule has 3 nitrogen and oxygen atoms in total. The molecular weight excluding hydrogens is 262 g/mol. The van der Waals surface area contributed by atoms with Crippen LogP contribution in [0.3, 0.4) is 0 Å². The van der Waals surface area contributed by atoms with Crippen molar-refractivity contribution >= 4 is 6.09 Å². The molecule has 3 heteroatoms. The van der Waals surface area contributed by atoms with Crippen LogP contribution < -0.4 is 5.73 Å². The van der Waals surface area contributed by atoms with Gasteiger partial charge in [0.2, 0.25) is 0 Å². The Balaban J connectivity index is 2.93. The minimum atomic E-state index is -0.700. The summed E-state index contributed by atoms with van der Waals surface area (Å²) in [5, 5.41) is 0. The number of amides is 1. The van der Waals surface area contributed by atoms with Gasteiger partial charge in [0.25, 0.3) is 0 Å². The molecule has 0 saturated carbocycles. The molecule has 1 aromatic rings. The molecule has 0 bridgehead atoms. The van der Waals surface area contributed by atoms with Crippen LogP contribution >= 0.6 is 0 Å². The van der Waals surface area contributed by atoms with E-state index in [2.05, 4.69) is 59.7 Å². The molecule has 0 saturated heterocycles. The van der Waals surface area contributed by atoms with Gasteiger partial charge in [-0.15, -0.1) is 0 Å². The van der Waals surface area contributed by atoms with Gasteiger partial charge >= 0.3 is 6.09 Å². The van der Waals surface area contributed by atoms with Crippen LogP contribution in [0.5, 0.6) is 0 Å². The van der Waals surface area contributed by atoms with Gasteiger partial charge in [0.1, 0.15) is 0 Å². The van der Waals surface area contributed by atoms with E-state index >= 15 is 0 Å². The van der Waals surface area contributed by atoms with E-state index in [0.717, 1.165) is 12.8 Å². The maximum absolute atomic E-state index is 10.6. The average Bonchev–Trinajstić information content (AvgIpc) is 2.32. The fraction of sp³-hybridized carbons (Fsp3) is 0.611. The summed E-state index contributed by atoms with van der Waals surface area (Å²) in [5.41, 5.74) is 9.27. The minimum Gasteiger partial charge on any atom is -0.450 e. The molecule has 0 spiro atoms. The number of hydrogen-bond donors (Lipinski definition) is 1. The number of nitrogens with two attached hydrogens (primary N) is 1. The first-order chi connectivity index (χ1) is 9.51. The highest BCUT2D eigenvalue weighted by Gasteiger charge is 2.25. The predicted molar refractivity (Wildman–Crippen MR) is 87.7 cm³/mol. The van der Waals surface area contributed by atoms with Gasteiger partial charge in [-0.25, -0.2) is 4.79 Å². The molecule has 0 atom stereocenters. The van der Waals surface area contributed by atoms with Crippen LogP contribution in [0.4, 0.5) is 4.79 Å². The third-order valence-corrected chi connectivity index (χ3v) is 3.55. The second-order valence-electron chi connectivity index (χ2n) is 7.65. The third kappa shape index (κ3) is 5.41. The largest absolute Gasteiger partial charge is 0.450 e. The Morgan fingerprint density at radius 3 is 2.10 bits per heavy atom. The summed E-state index contributed by atoms with van der Waals surface area (Å²) in [6.07, 6.45) is 0.982. The lowest BCUT2D eigenvalue weighted by molar-refractivity contribution is 0.155. The van der Waals surface area contributed by atoms with Gasteiger partial charge in [-0.05, 0) is 40.4 Å². The number of aryl methyl sites for hydroxylation is 1. The number of primary amides is 1. The van der Waals surface area contributed by atoms with Crippen LogP contribution in [-0.2, 0) is 22.0 Å². The maximum atomic E-state index is 10.6. The first-order valence-electron chi connectivity index (χ1n) is 7.58. The maximum Gasteiger partial charge on any atom is 0.404 e. The van der Waals surface area contributed by atoms with Gasteiger partial charge < -0.3 is 10.5 Å². The molecule has 0 heterocycles. The normalized spacial score (nSPS) is 12.3. The number of benzene rings is 1. The molecule has 0 aliphatic rings. The second-order valence-corrected chi connectivity index (χ2v) is 7.65. The van der Waals surface area contributed by atoms with Crippen LogP contribution in [0.2, 0.25) is 0 Å². The lowest BCUT2D eigenvalue weighted by Gasteiger charge is -2.30. The van der Waals surface area contributed by atoms with Crippen molar-refractivity contribution in [1.82, 2.24) is 0 Å². The van der Waals surface area contributed by atoms with E-state index in [1.54, 1.807) is 0 Å². The predicted octanol–water partition coefficient (Wildman–Crippen LogP) is 4.31. The van der Waals surface area contributed by atoms with Gasteiger partial charge in [-0.1, -0.05) is 59.7 Å². The van der Waals surface area contributed by atoms with Crippen molar-refractivity contribution in [1.29, 1.82) is 0 Å². The number of carbonyl (C=O) groups excluding carboxylic acids is 1. The molecule has 1 aromatic carbocycles. The summed E-state index contributed by atoms with van der Waals surface area (Å²) in [4.78, 5) is 10.6. The molecule has 2 N–H and O–H groups in total. The lowest BCUT2D eigenvalue weighted by Crippen LogP contribution is -2.22. The Bertz CT molecular complexity index is 493. The molecule has 0 fully saturated rings. The Morgan fingerprint density at radius 1 is 1.05 bits per heavy atom. The van der Waals surface area contributed by atoms with Gasteiger partial charge in [0.05, 0.1) is 6.61 Å². The zero-order chi connectivity index (χ0) is 16.3. The van der Waals surface area contributed by atoms with Crippen molar-refractivity contribution in [3.63, 3.8) is 0 Å². The molecule has 0 aliphatic carbocycles. The van der Waals surface area contributed by atoms with Crippen LogP contribution in [0.25, 0.3) is 0 Å². The second kappa shape index (κ2) is 6.50. The van der Waals surface area contributed by atoms with Crippen LogP contribution in [0, 0.1) is 0 Å². The fourth-order valence-corrected chi connectivity index (χ4v) is 2.47. The van der Waals surface area contributed by atoms with E-state index in [1.165, 1.54) is 16.7 Å². The Kier molecular flexibility index (Phi) is 5.43. The summed E-state index contributed by atoms with van der Waals surface area (Å²) in [6, 6.07) is 6.72. The molecule has 1 rings (SSSR count). The fourth-order valence-electron chi connectivity index (χ4n) is 2.47. The molecule has 0 unspecified atom stereocenters. The monoisotopic (exact) mass is 291 g/mol. The quantitative estimate of drug-likeness (QED) is 0.840. The van der Waals surface area contributed by atoms with Crippen molar-refractivity contribution < 1.29 is 9.53 Å². The number of rotatable bonds is 4. The zero-order valence-electron chi connectivity index (χ0n) is 14.2. The lowest BCUT2D eigenvalue weighted by atomic mass is 9.74. The van der Waals surface area contributed by atoms with Crippen molar-refractivity contribution in [3.05, 3.63) is 34.9 Å². The summed E-state index contributed by atoms with van der Waals surface area (Å²) in [5.74, 6) is 0. The van der Waals surface area contributed by atoms with Gasteiger partial charge in [-0.2, -0.15) is 0 Å². The molecule has 118 valence electrons. The standard InChI is InChI=1S/C18H29NO2/c1-17(2,3)14-10-9-13(8-7-11-21-16(19)20)12-15(14)18(4,5)6/h9-10,12H,7-8,11H2,1-6H3,(H2,19,20). The van der Waals surface area contributed by atoms with E-state index in [0.29, 0.717) is 6.61 Å². The summed E-state index contributed by atoms with van der Waals surface area (Å²) < 4.78 is 4.78. The van der Waals surface area contributed by atoms with Crippen molar-refractivity contribution in [3.8, 4) is 0 Å². The molecule has 1 amide bonds. The van der Waals surface area contributed by atoms with E-state index < -0.39 is 6.09 Å². The first-order valence-corrected chi connectivity index (χ1v) is 7.58. The SMILES string of the molecule is CC(C)(C)c1ccc(CCCOC(N)=O)cc1C(C)(C)C. The molecule has 0 aromatic heterocycles. The number of ether oxygens (including phenoxy) is 1. The topological polar surface area (TPSA) is 52.3 Å². The Morgan fingerprint density at radius 2 is 1.62 bits per heavy atom. The van der Waals surface area contributed by atoms with Crippen LogP contribution in [-0.4, -0.2) is 12.7 Å². The van der Waals surface area contributed by atoms with Crippen LogP contribution in [0.15, 0.2) is 18.2 Å². The zero-order valence-corrected chi connectivity index (χ0v) is 14.2. The van der Waals surface area contributed by atoms with Gasteiger partial charge in [-0.3, -0.25) is 0 Å². The van der Waals surface area contributed by atoms with Crippen molar-refractivity contribution in [2.24, 2.45) is 5.73 Å². The van der Waals surface area contributed by atoms with E-state index in [9.17, 15) is 4.79 Å². The van der Waals surface area contributed by atoms with Gasteiger partial charge in [0.15, 0.2) is 0 Å². The highest BCUT2D eigenvalue weighted by atomic mass is 16.5. The molecule has 0 radical (unpaired) electrons. The third-order valence-electron chi connectivity index (χ3n) is 3.55. The highest BCUT2D eigenvalue weighted by molar-refractivity contribution is 5.64. The van der Waals surface area contributed by atoms with E-state index in [-0.39, 0.29) is 10.8 Å². The Labute approximate surface area is 128 Å². The summed E-state index contributed by atoms with van der Waals surface area (Å²) >= 11 is 0. The van der Waals surface area contributed by atoms with Gasteiger partial charge in [0, 0.05) is 0 Å². The van der Waals surface area contributed by atoms with Crippen molar-refractivity contribution in [2.75, 3.05) is 6.61 Å². The van der Waals surface area contributed by atoms with Crippen molar-refractivity contribution in [2.45, 2.75) is 65.2 Å². The average molecular weight is 291 g/mol. The van der Waals surface area contributed by atoms with E-state index in [1.807, 2.05) is 0 Å². The highest BCUT2D eigenvalue weighted by Crippen LogP contribution is 2.34. The molecule has 0 aliphatic heterocycles.